The smallest absolute Gasteiger partial charge is 0.396 e. The van der Waals surface area contributed by atoms with E-state index in [0.29, 0.717) is 15.9 Å². The molecule has 0 saturated heterocycles. The Hall–Kier alpha value is -2.90. The van der Waals surface area contributed by atoms with Gasteiger partial charge in [-0.3, -0.25) is 19.3 Å². The molecule has 0 saturated carbocycles. The van der Waals surface area contributed by atoms with Crippen molar-refractivity contribution in [2.24, 2.45) is 0 Å². The molecular weight excluding hydrogens is 452 g/mol. The number of aromatic nitrogens is 1. The van der Waals surface area contributed by atoms with Crippen LogP contribution >= 0.6 is 22.7 Å². The maximum absolute atomic E-state index is 12.9. The van der Waals surface area contributed by atoms with Gasteiger partial charge in [-0.2, -0.15) is 0 Å². The van der Waals surface area contributed by atoms with Crippen LogP contribution in [0.4, 0.5) is 5.69 Å². The van der Waals surface area contributed by atoms with Crippen LogP contribution in [0.25, 0.3) is 10.2 Å². The highest BCUT2D eigenvalue weighted by atomic mass is 32.2. The van der Waals surface area contributed by atoms with E-state index < -0.39 is 27.8 Å². The standard InChI is InChI=1S/C17H18N4O6S3/c1-4-21(19-15(22)17(24)25)16(23)10-8-11-13(18-10)14(9(2)29-11)20(3)30(26,27)12-6-5-7-28-12/h5-8,18H,4H2,1-3H3,(H,19,22)(H,24,25). The van der Waals surface area contributed by atoms with Crippen molar-refractivity contribution in [2.45, 2.75) is 18.1 Å². The van der Waals surface area contributed by atoms with Crippen LogP contribution in [-0.2, 0) is 19.6 Å². The van der Waals surface area contributed by atoms with Gasteiger partial charge in [0.2, 0.25) is 0 Å². The number of anilines is 1. The Morgan fingerprint density at radius 1 is 1.30 bits per heavy atom. The second-order valence-corrected chi connectivity index (χ2v) is 10.5. The molecule has 3 aromatic rings. The molecule has 160 valence electrons. The zero-order valence-corrected chi connectivity index (χ0v) is 18.6. The molecule has 0 bridgehead atoms. The van der Waals surface area contributed by atoms with E-state index in [2.05, 4.69) is 4.98 Å². The maximum Gasteiger partial charge on any atom is 0.396 e. The van der Waals surface area contributed by atoms with Crippen molar-refractivity contribution in [3.8, 4) is 0 Å². The molecule has 3 N–H and O–H groups in total. The molecular formula is C17H18N4O6S3. The molecule has 0 aliphatic rings. The van der Waals surface area contributed by atoms with Gasteiger partial charge in [0.1, 0.15) is 9.90 Å². The van der Waals surface area contributed by atoms with Gasteiger partial charge in [-0.1, -0.05) is 6.07 Å². The molecule has 2 amide bonds. The molecule has 0 radical (unpaired) electrons. The topological polar surface area (TPSA) is 140 Å². The van der Waals surface area contributed by atoms with Gasteiger partial charge in [-0.15, -0.1) is 22.7 Å². The number of rotatable bonds is 5. The first-order chi connectivity index (χ1) is 14.1. The largest absolute Gasteiger partial charge is 0.474 e. The highest BCUT2D eigenvalue weighted by Crippen LogP contribution is 2.40. The second kappa shape index (κ2) is 8.08. The van der Waals surface area contributed by atoms with Crippen molar-refractivity contribution in [3.05, 3.63) is 34.2 Å². The number of aryl methyl sites for hydroxylation is 1. The normalized spacial score (nSPS) is 11.4. The monoisotopic (exact) mass is 470 g/mol. The van der Waals surface area contributed by atoms with Gasteiger partial charge in [0.05, 0.1) is 15.9 Å². The van der Waals surface area contributed by atoms with E-state index >= 15 is 0 Å². The predicted octanol–water partition coefficient (Wildman–Crippen LogP) is 2.00. The van der Waals surface area contributed by atoms with E-state index in [0.717, 1.165) is 21.2 Å². The third-order valence-corrected chi connectivity index (χ3v) is 8.43. The van der Waals surface area contributed by atoms with Gasteiger partial charge < -0.3 is 10.1 Å². The highest BCUT2D eigenvalue weighted by molar-refractivity contribution is 7.94. The fourth-order valence-electron chi connectivity index (χ4n) is 2.83. The van der Waals surface area contributed by atoms with Crippen molar-refractivity contribution in [1.29, 1.82) is 0 Å². The molecule has 30 heavy (non-hydrogen) atoms. The van der Waals surface area contributed by atoms with Crippen LogP contribution in [0.3, 0.4) is 0 Å². The van der Waals surface area contributed by atoms with Gasteiger partial charge in [0.15, 0.2) is 0 Å². The fraction of sp³-hybridized carbons (Fsp3) is 0.235. The summed E-state index contributed by atoms with van der Waals surface area (Å²) < 4.78 is 27.8. The molecule has 3 rings (SSSR count). The number of hydrazine groups is 1. The second-order valence-electron chi connectivity index (χ2n) is 6.13. The molecule has 3 aromatic heterocycles. The van der Waals surface area contributed by atoms with E-state index in [1.54, 1.807) is 31.4 Å². The minimum absolute atomic E-state index is 0.0308. The first-order valence-corrected chi connectivity index (χ1v) is 11.7. The quantitative estimate of drug-likeness (QED) is 0.385. The van der Waals surface area contributed by atoms with Crippen molar-refractivity contribution in [3.63, 3.8) is 0 Å². The number of hydrogen-bond acceptors (Lipinski definition) is 7. The molecule has 3 heterocycles. The summed E-state index contributed by atoms with van der Waals surface area (Å²) in [5.74, 6) is -3.70. The Balaban J connectivity index is 1.98. The number of aromatic amines is 1. The number of carboxylic acid groups (broad SMARTS) is 1. The van der Waals surface area contributed by atoms with E-state index in [-0.39, 0.29) is 16.4 Å². The number of nitrogens with one attached hydrogen (secondary N) is 2. The number of carbonyl (C=O) groups is 3. The van der Waals surface area contributed by atoms with Crippen molar-refractivity contribution < 1.29 is 27.9 Å². The Labute approximate surface area is 179 Å². The van der Waals surface area contributed by atoms with Crippen LogP contribution < -0.4 is 9.73 Å². The summed E-state index contributed by atoms with van der Waals surface area (Å²) in [5.41, 5.74) is 2.98. The van der Waals surface area contributed by atoms with Crippen molar-refractivity contribution in [1.82, 2.24) is 15.4 Å². The summed E-state index contributed by atoms with van der Waals surface area (Å²) >= 11 is 2.42. The summed E-state index contributed by atoms with van der Waals surface area (Å²) in [6.07, 6.45) is 0. The van der Waals surface area contributed by atoms with Crippen molar-refractivity contribution >= 4 is 66.4 Å². The van der Waals surface area contributed by atoms with Gasteiger partial charge >= 0.3 is 11.9 Å². The van der Waals surface area contributed by atoms with Crippen LogP contribution in [0.2, 0.25) is 0 Å². The summed E-state index contributed by atoms with van der Waals surface area (Å²) in [6.45, 7) is 3.38. The minimum Gasteiger partial charge on any atom is -0.474 e. The number of amides is 2. The third-order valence-electron chi connectivity index (χ3n) is 4.26. The van der Waals surface area contributed by atoms with E-state index in [9.17, 15) is 22.8 Å². The van der Waals surface area contributed by atoms with Crippen LogP contribution in [-0.4, -0.2) is 54.9 Å². The lowest BCUT2D eigenvalue weighted by atomic mass is 10.3. The highest BCUT2D eigenvalue weighted by Gasteiger charge is 2.29. The van der Waals surface area contributed by atoms with Crippen LogP contribution in [0, 0.1) is 6.92 Å². The number of sulfonamides is 1. The van der Waals surface area contributed by atoms with Gasteiger partial charge in [-0.25, -0.2) is 18.2 Å². The first kappa shape index (κ1) is 21.8. The molecule has 0 unspecified atom stereocenters. The van der Waals surface area contributed by atoms with Crippen molar-refractivity contribution in [2.75, 3.05) is 17.9 Å². The number of carboxylic acids is 1. The van der Waals surface area contributed by atoms with E-state index in [1.807, 2.05) is 5.43 Å². The lowest BCUT2D eigenvalue weighted by Crippen LogP contribution is -2.48. The Kier molecular flexibility index (Phi) is 5.87. The molecule has 13 heteroatoms. The molecule has 0 aliphatic carbocycles. The van der Waals surface area contributed by atoms with E-state index in [1.165, 1.54) is 28.8 Å². The van der Waals surface area contributed by atoms with Crippen LogP contribution in [0.5, 0.6) is 0 Å². The summed E-state index contributed by atoms with van der Waals surface area (Å²) in [6, 6.07) is 4.71. The lowest BCUT2D eigenvalue weighted by Gasteiger charge is -2.20. The number of aliphatic carboxylic acids is 1. The predicted molar refractivity (Wildman–Crippen MR) is 113 cm³/mol. The van der Waals surface area contributed by atoms with E-state index in [4.69, 9.17) is 5.11 Å². The summed E-state index contributed by atoms with van der Waals surface area (Å²) in [4.78, 5) is 38.5. The summed E-state index contributed by atoms with van der Waals surface area (Å²) in [7, 11) is -2.33. The third kappa shape index (κ3) is 3.78. The Morgan fingerprint density at radius 3 is 2.57 bits per heavy atom. The number of thiophene rings is 2. The molecule has 10 nitrogen and oxygen atoms in total. The minimum atomic E-state index is -3.77. The number of H-pyrrole nitrogens is 1. The zero-order chi connectivity index (χ0) is 22.2. The number of fused-ring (bicyclic) bond motifs is 1. The number of carbonyl (C=O) groups excluding carboxylic acids is 2. The molecule has 0 aromatic carbocycles. The molecule has 0 atom stereocenters. The average molecular weight is 471 g/mol. The van der Waals surface area contributed by atoms with Crippen LogP contribution in [0.1, 0.15) is 22.3 Å². The van der Waals surface area contributed by atoms with Gasteiger partial charge in [0, 0.05) is 18.5 Å². The Bertz CT molecular complexity index is 1230. The number of nitrogens with zero attached hydrogens (tertiary/aromatic N) is 2. The lowest BCUT2D eigenvalue weighted by molar-refractivity contribution is -0.152. The SMILES string of the molecule is CCN(NC(=O)C(=O)O)C(=O)c1cc2sc(C)c(N(C)S(=O)(=O)c3cccs3)c2[nH]1. The van der Waals surface area contributed by atoms with Gasteiger partial charge in [-0.05, 0) is 31.4 Å². The maximum atomic E-state index is 12.9. The average Bonchev–Trinajstić information content (AvgIpc) is 3.41. The Morgan fingerprint density at radius 2 is 2.00 bits per heavy atom. The summed E-state index contributed by atoms with van der Waals surface area (Å²) in [5, 5.41) is 11.3. The zero-order valence-electron chi connectivity index (χ0n) is 16.1. The van der Waals surface area contributed by atoms with Gasteiger partial charge in [0.25, 0.3) is 15.9 Å². The molecule has 0 spiro atoms. The first-order valence-electron chi connectivity index (χ1n) is 8.58. The molecule has 0 aliphatic heterocycles. The van der Waals surface area contributed by atoms with Crippen LogP contribution in [0.15, 0.2) is 27.8 Å². The fourth-order valence-corrected chi connectivity index (χ4v) is 6.41. The number of hydrogen-bond donors (Lipinski definition) is 3. The molecule has 0 fully saturated rings.